The minimum atomic E-state index is -0.527. The number of hydrogen-bond acceptors (Lipinski definition) is 2. The molecule has 1 aromatic heterocycles. The highest BCUT2D eigenvalue weighted by Crippen LogP contribution is 2.57. The lowest BCUT2D eigenvalue weighted by Gasteiger charge is -2.35. The lowest BCUT2D eigenvalue weighted by Crippen LogP contribution is -2.28. The van der Waals surface area contributed by atoms with Gasteiger partial charge in [-0.25, -0.2) is 0 Å². The van der Waals surface area contributed by atoms with E-state index in [-0.39, 0.29) is 0 Å². The van der Waals surface area contributed by atoms with Gasteiger partial charge in [-0.2, -0.15) is 5.26 Å². The molecule has 0 N–H and O–H groups in total. The second-order valence-electron chi connectivity index (χ2n) is 16.8. The first-order valence-corrected chi connectivity index (χ1v) is 22.1. The highest BCUT2D eigenvalue weighted by Gasteiger charge is 2.46. The van der Waals surface area contributed by atoms with Crippen LogP contribution in [0.1, 0.15) is 27.8 Å². The van der Waals surface area contributed by atoms with Crippen LogP contribution in [0.25, 0.3) is 60.9 Å². The first-order valence-electron chi connectivity index (χ1n) is 22.1. The van der Waals surface area contributed by atoms with Crippen LogP contribution >= 0.6 is 0 Å². The molecule has 0 saturated carbocycles. The molecular formula is C62H41N3. The number of rotatable bonds is 8. The van der Waals surface area contributed by atoms with Crippen molar-refractivity contribution in [3.05, 3.63) is 277 Å². The summed E-state index contributed by atoms with van der Waals surface area (Å²) in [5, 5.41) is 11.9. The van der Waals surface area contributed by atoms with E-state index in [1.165, 1.54) is 55.2 Å². The van der Waals surface area contributed by atoms with Gasteiger partial charge in [0.15, 0.2) is 0 Å². The molecule has 0 amide bonds. The third-order valence-corrected chi connectivity index (χ3v) is 13.3. The third kappa shape index (κ3) is 6.19. The lowest BCUT2D eigenvalue weighted by atomic mass is 9.67. The maximum atomic E-state index is 9.43. The zero-order valence-corrected chi connectivity index (χ0v) is 35.5. The number of hydrogen-bond donors (Lipinski definition) is 0. The Morgan fingerprint density at radius 1 is 0.369 bits per heavy atom. The summed E-state index contributed by atoms with van der Waals surface area (Å²) in [5.41, 5.74) is 18.8. The summed E-state index contributed by atoms with van der Waals surface area (Å²) in [7, 11) is 0. The van der Waals surface area contributed by atoms with E-state index in [4.69, 9.17) is 0 Å². The van der Waals surface area contributed by atoms with Crippen molar-refractivity contribution in [1.29, 1.82) is 5.26 Å². The molecule has 0 unspecified atom stereocenters. The Kier molecular flexibility index (Phi) is 9.11. The quantitative estimate of drug-likeness (QED) is 0.153. The van der Waals surface area contributed by atoms with Crippen molar-refractivity contribution in [2.75, 3.05) is 4.90 Å². The number of fused-ring (bicyclic) bond motifs is 6. The highest BCUT2D eigenvalue weighted by molar-refractivity contribution is 6.10. The van der Waals surface area contributed by atoms with Gasteiger partial charge >= 0.3 is 0 Å². The van der Waals surface area contributed by atoms with Gasteiger partial charge in [0, 0.05) is 33.5 Å². The molecular weight excluding hydrogens is 787 g/mol. The molecule has 0 fully saturated rings. The fraction of sp³-hybridized carbons (Fsp3) is 0.0161. The Hall–Kier alpha value is -8.71. The van der Waals surface area contributed by atoms with Crippen molar-refractivity contribution < 1.29 is 0 Å². The van der Waals surface area contributed by atoms with Gasteiger partial charge in [0.1, 0.15) is 0 Å². The van der Waals surface area contributed by atoms with E-state index >= 15 is 0 Å². The van der Waals surface area contributed by atoms with Gasteiger partial charge in [0.2, 0.25) is 0 Å². The summed E-state index contributed by atoms with van der Waals surface area (Å²) < 4.78 is 2.38. The number of aromatic nitrogens is 1. The van der Waals surface area contributed by atoms with E-state index in [9.17, 15) is 5.26 Å². The summed E-state index contributed by atoms with van der Waals surface area (Å²) in [6, 6.07) is 91.9. The topological polar surface area (TPSA) is 32.0 Å². The molecule has 10 aromatic carbocycles. The second-order valence-corrected chi connectivity index (χ2v) is 16.8. The fourth-order valence-electron chi connectivity index (χ4n) is 10.4. The second kappa shape index (κ2) is 15.6. The first-order chi connectivity index (χ1) is 32.2. The molecule has 304 valence electrons. The van der Waals surface area contributed by atoms with Crippen LogP contribution in [0.2, 0.25) is 0 Å². The molecule has 1 heterocycles. The van der Waals surface area contributed by atoms with Crippen LogP contribution in [0, 0.1) is 11.3 Å². The van der Waals surface area contributed by atoms with Crippen molar-refractivity contribution >= 4 is 38.9 Å². The molecule has 0 radical (unpaired) electrons. The third-order valence-electron chi connectivity index (χ3n) is 13.3. The zero-order chi connectivity index (χ0) is 43.3. The van der Waals surface area contributed by atoms with Crippen LogP contribution in [0.5, 0.6) is 0 Å². The normalized spacial score (nSPS) is 12.4. The Balaban J connectivity index is 1.02. The molecule has 0 bridgehead atoms. The molecule has 0 saturated heterocycles. The molecule has 0 atom stereocenters. The van der Waals surface area contributed by atoms with Crippen molar-refractivity contribution in [2.24, 2.45) is 0 Å². The van der Waals surface area contributed by atoms with Crippen LogP contribution in [0.15, 0.2) is 249 Å². The van der Waals surface area contributed by atoms with Gasteiger partial charge in [-0.1, -0.05) is 176 Å². The Labute approximate surface area is 379 Å². The van der Waals surface area contributed by atoms with Gasteiger partial charge in [0.25, 0.3) is 0 Å². The van der Waals surface area contributed by atoms with Gasteiger partial charge in [-0.05, 0) is 128 Å². The number of nitrogens with zero attached hydrogens (tertiary/aromatic N) is 3. The van der Waals surface area contributed by atoms with Crippen LogP contribution in [-0.4, -0.2) is 4.57 Å². The molecule has 0 aliphatic heterocycles. The molecule has 3 heteroatoms. The summed E-state index contributed by atoms with van der Waals surface area (Å²) in [6.07, 6.45) is 0. The lowest BCUT2D eigenvalue weighted by molar-refractivity contribution is 0.768. The van der Waals surface area contributed by atoms with E-state index in [1.807, 2.05) is 24.3 Å². The standard InChI is InChI=1S/C62H41N3/c63-42-43-24-26-44(27-25-43)45-28-33-51(34-29-45)64(52-35-30-46(31-36-52)47-32-38-57-56-21-11-13-23-60(56)65(61(57)40-47)50-18-8-3-9-19-50)53-37-39-55-54-20-10-12-22-58(54)62(59(55)41-53,48-14-4-1-5-15-48)49-16-6-2-7-17-49/h1-41H. The van der Waals surface area contributed by atoms with E-state index in [0.717, 1.165) is 45.0 Å². The molecule has 12 rings (SSSR count). The summed E-state index contributed by atoms with van der Waals surface area (Å²) >= 11 is 0. The molecule has 11 aromatic rings. The highest BCUT2D eigenvalue weighted by atomic mass is 15.1. The molecule has 0 spiro atoms. The Bertz CT molecular complexity index is 3530. The number of benzene rings is 10. The fourth-order valence-corrected chi connectivity index (χ4v) is 10.4. The first kappa shape index (κ1) is 38.0. The number of nitriles is 1. The maximum absolute atomic E-state index is 9.43. The summed E-state index contributed by atoms with van der Waals surface area (Å²) in [4.78, 5) is 2.38. The average molecular weight is 828 g/mol. The number of para-hydroxylation sites is 2. The predicted octanol–water partition coefficient (Wildman–Crippen LogP) is 15.8. The molecule has 65 heavy (non-hydrogen) atoms. The monoisotopic (exact) mass is 827 g/mol. The van der Waals surface area contributed by atoms with E-state index in [2.05, 4.69) is 240 Å². The molecule has 3 nitrogen and oxygen atoms in total. The number of anilines is 3. The summed E-state index contributed by atoms with van der Waals surface area (Å²) in [6.45, 7) is 0. The van der Waals surface area contributed by atoms with Crippen molar-refractivity contribution in [3.8, 4) is 45.1 Å². The maximum Gasteiger partial charge on any atom is 0.0991 e. The van der Waals surface area contributed by atoms with Crippen molar-refractivity contribution in [2.45, 2.75) is 5.41 Å². The van der Waals surface area contributed by atoms with E-state index < -0.39 is 5.41 Å². The minimum Gasteiger partial charge on any atom is -0.310 e. The van der Waals surface area contributed by atoms with E-state index in [1.54, 1.807) is 0 Å². The van der Waals surface area contributed by atoms with Gasteiger partial charge < -0.3 is 9.47 Å². The van der Waals surface area contributed by atoms with Crippen LogP contribution < -0.4 is 4.90 Å². The van der Waals surface area contributed by atoms with Crippen LogP contribution in [-0.2, 0) is 5.41 Å². The smallest absolute Gasteiger partial charge is 0.0991 e. The van der Waals surface area contributed by atoms with E-state index in [0.29, 0.717) is 5.56 Å². The molecule has 1 aliphatic rings. The van der Waals surface area contributed by atoms with Crippen molar-refractivity contribution in [1.82, 2.24) is 4.57 Å². The summed E-state index contributed by atoms with van der Waals surface area (Å²) in [5.74, 6) is 0. The Morgan fingerprint density at radius 2 is 0.862 bits per heavy atom. The van der Waals surface area contributed by atoms with Crippen LogP contribution in [0.3, 0.4) is 0 Å². The van der Waals surface area contributed by atoms with Crippen molar-refractivity contribution in [3.63, 3.8) is 0 Å². The van der Waals surface area contributed by atoms with Crippen LogP contribution in [0.4, 0.5) is 17.1 Å². The van der Waals surface area contributed by atoms with Gasteiger partial charge in [0.05, 0.1) is 28.1 Å². The SMILES string of the molecule is N#Cc1ccc(-c2ccc(N(c3ccc(-c4ccc5c6ccccc6n(-c6ccccc6)c5c4)cc3)c3ccc4c(c3)C(c3ccccc3)(c3ccccc3)c3ccccc3-4)cc2)cc1. The predicted molar refractivity (Wildman–Crippen MR) is 268 cm³/mol. The van der Waals surface area contributed by atoms with Gasteiger partial charge in [-0.15, -0.1) is 0 Å². The average Bonchev–Trinajstić information content (AvgIpc) is 3.88. The Morgan fingerprint density at radius 3 is 1.51 bits per heavy atom. The minimum absolute atomic E-state index is 0.527. The largest absolute Gasteiger partial charge is 0.310 e. The van der Waals surface area contributed by atoms with Gasteiger partial charge in [-0.3, -0.25) is 0 Å². The molecule has 1 aliphatic carbocycles. The zero-order valence-electron chi connectivity index (χ0n) is 35.5.